The van der Waals surface area contributed by atoms with E-state index in [0.717, 1.165) is 0 Å². The lowest BCUT2D eigenvalue weighted by atomic mass is 10.4. The normalized spacial score (nSPS) is 9.47. The van der Waals surface area contributed by atoms with E-state index in [1.165, 1.54) is 11.3 Å². The summed E-state index contributed by atoms with van der Waals surface area (Å²) in [6, 6.07) is 2.27. The molecule has 1 aromatic rings. The summed E-state index contributed by atoms with van der Waals surface area (Å²) in [5.41, 5.74) is 4.69. The summed E-state index contributed by atoms with van der Waals surface area (Å²) in [4.78, 5) is 44.3. The number of thiophene rings is 1. The van der Waals surface area contributed by atoms with Gasteiger partial charge in [-0.1, -0.05) is 6.07 Å². The highest BCUT2D eigenvalue weighted by Crippen LogP contribution is 2.07. The number of ether oxygens (including phenoxy) is 1. The molecule has 0 spiro atoms. The Balaban J connectivity index is 2.23. The molecule has 1 rings (SSSR count). The van der Waals surface area contributed by atoms with Gasteiger partial charge in [0.2, 0.25) is 0 Å². The Labute approximate surface area is 111 Å². The maximum absolute atomic E-state index is 11.4. The quantitative estimate of drug-likeness (QED) is 0.611. The lowest BCUT2D eigenvalue weighted by Gasteiger charge is -2.05. The van der Waals surface area contributed by atoms with Crippen LogP contribution in [0.2, 0.25) is 0 Å². The standard InChI is InChI=1S/C10H11N3O5S/c11-10(17)13-7(14)5-18-8(15)4-12-9(16)6-2-1-3-19-6/h1-3H,4-5H2,(H,12,16)(H3,11,13,14,17). The molecule has 4 N–H and O–H groups in total. The average Bonchev–Trinajstić information content (AvgIpc) is 2.86. The lowest BCUT2D eigenvalue weighted by molar-refractivity contribution is -0.147. The number of carbonyl (C=O) groups is 4. The van der Waals surface area contributed by atoms with Crippen LogP contribution < -0.4 is 16.4 Å². The maximum Gasteiger partial charge on any atom is 0.325 e. The Hall–Kier alpha value is -2.42. The van der Waals surface area contributed by atoms with Gasteiger partial charge in [0.05, 0.1) is 4.88 Å². The number of primary amides is 1. The Morgan fingerprint density at radius 2 is 2.05 bits per heavy atom. The molecule has 0 radical (unpaired) electrons. The third-order valence-corrected chi connectivity index (χ3v) is 2.63. The molecule has 1 aromatic heterocycles. The fourth-order valence-corrected chi connectivity index (χ4v) is 1.66. The molecule has 0 bridgehead atoms. The van der Waals surface area contributed by atoms with Crippen molar-refractivity contribution in [2.75, 3.05) is 13.2 Å². The first-order valence-electron chi connectivity index (χ1n) is 5.05. The predicted molar refractivity (Wildman–Crippen MR) is 65.3 cm³/mol. The molecule has 0 aliphatic heterocycles. The molecule has 9 heteroatoms. The molecule has 0 unspecified atom stereocenters. The lowest BCUT2D eigenvalue weighted by Crippen LogP contribution is -2.38. The van der Waals surface area contributed by atoms with Crippen LogP contribution in [0.4, 0.5) is 4.79 Å². The van der Waals surface area contributed by atoms with Gasteiger partial charge in [-0.2, -0.15) is 0 Å². The minimum Gasteiger partial charge on any atom is -0.454 e. The molecule has 0 saturated carbocycles. The number of amides is 4. The summed E-state index contributed by atoms with van der Waals surface area (Å²) in [5.74, 6) is -2.05. The summed E-state index contributed by atoms with van der Waals surface area (Å²) in [5, 5.41) is 5.77. The van der Waals surface area contributed by atoms with Gasteiger partial charge in [0, 0.05) is 0 Å². The highest BCUT2D eigenvalue weighted by Gasteiger charge is 2.11. The van der Waals surface area contributed by atoms with Crippen molar-refractivity contribution in [3.63, 3.8) is 0 Å². The van der Waals surface area contributed by atoms with Crippen LogP contribution in [0.15, 0.2) is 17.5 Å². The van der Waals surface area contributed by atoms with Crippen LogP contribution in [-0.2, 0) is 14.3 Å². The molecule has 1 heterocycles. The highest BCUT2D eigenvalue weighted by atomic mass is 32.1. The van der Waals surface area contributed by atoms with E-state index in [0.29, 0.717) is 4.88 Å². The van der Waals surface area contributed by atoms with Crippen molar-refractivity contribution in [2.45, 2.75) is 0 Å². The Morgan fingerprint density at radius 3 is 2.63 bits per heavy atom. The van der Waals surface area contributed by atoms with Crippen LogP contribution in [0.1, 0.15) is 9.67 Å². The molecule has 4 amide bonds. The van der Waals surface area contributed by atoms with Crippen molar-refractivity contribution < 1.29 is 23.9 Å². The van der Waals surface area contributed by atoms with Crippen molar-refractivity contribution in [1.82, 2.24) is 10.6 Å². The number of nitrogens with one attached hydrogen (secondary N) is 2. The molecule has 0 aliphatic carbocycles. The maximum atomic E-state index is 11.4. The van der Waals surface area contributed by atoms with Gasteiger partial charge in [-0.15, -0.1) is 11.3 Å². The van der Waals surface area contributed by atoms with Gasteiger partial charge in [0.25, 0.3) is 11.8 Å². The zero-order valence-electron chi connectivity index (χ0n) is 9.67. The van der Waals surface area contributed by atoms with Crippen LogP contribution in [0.5, 0.6) is 0 Å². The van der Waals surface area contributed by atoms with Crippen LogP contribution in [0.25, 0.3) is 0 Å². The molecule has 0 fully saturated rings. The third kappa shape index (κ3) is 5.64. The monoisotopic (exact) mass is 285 g/mol. The van der Waals surface area contributed by atoms with Gasteiger partial charge in [-0.05, 0) is 11.4 Å². The van der Waals surface area contributed by atoms with Crippen LogP contribution in [0.3, 0.4) is 0 Å². The van der Waals surface area contributed by atoms with Crippen LogP contribution in [-0.4, -0.2) is 37.0 Å². The molecule has 8 nitrogen and oxygen atoms in total. The van der Waals surface area contributed by atoms with E-state index in [-0.39, 0.29) is 6.54 Å². The summed E-state index contributed by atoms with van der Waals surface area (Å²) in [6.07, 6.45) is 0. The van der Waals surface area contributed by atoms with Gasteiger partial charge < -0.3 is 15.8 Å². The van der Waals surface area contributed by atoms with E-state index in [1.54, 1.807) is 22.8 Å². The van der Waals surface area contributed by atoms with Crippen molar-refractivity contribution in [1.29, 1.82) is 0 Å². The van der Waals surface area contributed by atoms with E-state index < -0.39 is 30.4 Å². The molecular weight excluding hydrogens is 274 g/mol. The van der Waals surface area contributed by atoms with Gasteiger partial charge in [-0.25, -0.2) is 4.79 Å². The molecule has 0 aliphatic rings. The second kappa shape index (κ2) is 7.11. The Kier molecular flexibility index (Phi) is 5.48. The van der Waals surface area contributed by atoms with Gasteiger partial charge in [0.15, 0.2) is 6.61 Å². The number of carbonyl (C=O) groups excluding carboxylic acids is 4. The molecule has 0 atom stereocenters. The summed E-state index contributed by atoms with van der Waals surface area (Å²) >= 11 is 1.23. The SMILES string of the molecule is NC(=O)NC(=O)COC(=O)CNC(=O)c1cccs1. The summed E-state index contributed by atoms with van der Waals surface area (Å²) in [6.45, 7) is -1.02. The minimum absolute atomic E-state index is 0.374. The number of hydrogen-bond donors (Lipinski definition) is 3. The van der Waals surface area contributed by atoms with E-state index in [9.17, 15) is 19.2 Å². The van der Waals surface area contributed by atoms with E-state index in [4.69, 9.17) is 0 Å². The third-order valence-electron chi connectivity index (χ3n) is 1.77. The zero-order valence-corrected chi connectivity index (χ0v) is 10.5. The van der Waals surface area contributed by atoms with Crippen molar-refractivity contribution in [2.24, 2.45) is 5.73 Å². The average molecular weight is 285 g/mol. The van der Waals surface area contributed by atoms with Gasteiger partial charge in [0.1, 0.15) is 6.54 Å². The van der Waals surface area contributed by atoms with E-state index >= 15 is 0 Å². The van der Waals surface area contributed by atoms with Crippen LogP contribution in [0, 0.1) is 0 Å². The molecule has 0 saturated heterocycles. The minimum atomic E-state index is -1.04. The number of rotatable bonds is 5. The fraction of sp³-hybridized carbons (Fsp3) is 0.200. The predicted octanol–water partition coefficient (Wildman–Crippen LogP) is -0.784. The Morgan fingerprint density at radius 1 is 1.32 bits per heavy atom. The summed E-state index contributed by atoms with van der Waals surface area (Å²) < 4.78 is 4.50. The number of esters is 1. The van der Waals surface area contributed by atoms with Crippen molar-refractivity contribution in [3.05, 3.63) is 22.4 Å². The zero-order chi connectivity index (χ0) is 14.3. The molecule has 19 heavy (non-hydrogen) atoms. The number of urea groups is 1. The fourth-order valence-electron chi connectivity index (χ4n) is 1.02. The Bertz CT molecular complexity index is 485. The van der Waals surface area contributed by atoms with Crippen molar-refractivity contribution >= 4 is 35.2 Å². The number of imide groups is 1. The van der Waals surface area contributed by atoms with Gasteiger partial charge in [-0.3, -0.25) is 19.7 Å². The highest BCUT2D eigenvalue weighted by molar-refractivity contribution is 7.12. The largest absolute Gasteiger partial charge is 0.454 e. The first-order valence-corrected chi connectivity index (χ1v) is 5.93. The van der Waals surface area contributed by atoms with Crippen molar-refractivity contribution in [3.8, 4) is 0 Å². The topological polar surface area (TPSA) is 128 Å². The number of nitrogens with two attached hydrogens (primary N) is 1. The molecule has 0 aromatic carbocycles. The molecule has 102 valence electrons. The van der Waals surface area contributed by atoms with E-state index in [2.05, 4.69) is 15.8 Å². The smallest absolute Gasteiger partial charge is 0.325 e. The number of hydrogen-bond acceptors (Lipinski definition) is 6. The van der Waals surface area contributed by atoms with Gasteiger partial charge >= 0.3 is 12.0 Å². The first-order chi connectivity index (χ1) is 8.99. The second-order valence-electron chi connectivity index (χ2n) is 3.23. The second-order valence-corrected chi connectivity index (χ2v) is 4.18. The van der Waals surface area contributed by atoms with E-state index in [1.807, 2.05) is 0 Å². The summed E-state index contributed by atoms with van der Waals surface area (Å²) in [7, 11) is 0. The van der Waals surface area contributed by atoms with Crippen LogP contribution >= 0.6 is 11.3 Å². The first kappa shape index (κ1) is 14.6. The molecular formula is C10H11N3O5S.